The summed E-state index contributed by atoms with van der Waals surface area (Å²) in [4.78, 5) is 26.0. The molecule has 1 heterocycles. The van der Waals surface area contributed by atoms with Crippen molar-refractivity contribution in [3.05, 3.63) is 95.0 Å². The summed E-state index contributed by atoms with van der Waals surface area (Å²) in [6.07, 6.45) is 2.66. The summed E-state index contributed by atoms with van der Waals surface area (Å²) in [5.41, 5.74) is 1.45. The topological polar surface area (TPSA) is 95.6 Å². The summed E-state index contributed by atoms with van der Waals surface area (Å²) in [5.74, 6) is -0.757. The summed E-state index contributed by atoms with van der Waals surface area (Å²) in [7, 11) is -3.62. The fraction of sp³-hybridized carbons (Fsp3) is 0.259. The van der Waals surface area contributed by atoms with Gasteiger partial charge in [-0.15, -0.1) is 0 Å². The smallest absolute Gasteiger partial charge is 0.253 e. The van der Waals surface area contributed by atoms with E-state index in [-0.39, 0.29) is 17.2 Å². The second kappa shape index (κ2) is 11.7. The van der Waals surface area contributed by atoms with Gasteiger partial charge in [0.15, 0.2) is 0 Å². The number of sulfonamides is 1. The third-order valence-corrected chi connectivity index (χ3v) is 8.31. The molecule has 1 fully saturated rings. The lowest BCUT2D eigenvalue weighted by molar-refractivity contribution is -0.116. The summed E-state index contributed by atoms with van der Waals surface area (Å²) in [6, 6.07) is 21.5. The molecule has 0 aromatic heterocycles. The minimum Gasteiger partial charge on any atom is -0.345 e. The van der Waals surface area contributed by atoms with E-state index < -0.39 is 22.0 Å². The fourth-order valence-electron chi connectivity index (χ4n) is 4.20. The summed E-state index contributed by atoms with van der Waals surface area (Å²) in [5, 5.41) is 6.00. The first-order valence-electron chi connectivity index (χ1n) is 11.8. The van der Waals surface area contributed by atoms with Crippen LogP contribution in [0.15, 0.2) is 83.8 Å². The van der Waals surface area contributed by atoms with Gasteiger partial charge in [-0.1, -0.05) is 66.6 Å². The first kappa shape index (κ1) is 25.9. The molecule has 2 N–H and O–H groups in total. The number of hydrogen-bond acceptors (Lipinski definition) is 4. The fourth-order valence-corrected chi connectivity index (χ4v) is 5.99. The standard InChI is InChI=1S/C27H28ClN3O4S/c28-24-15-6-5-14-23(24)27(33)30-25(20-10-3-1-4-11-20)19-26(32)29-21-12-9-13-22(18-21)36(34,35)31-16-7-2-8-17-31/h1,3-6,9-15,18,25H,2,7-8,16-17,19H2,(H,29,32)(H,30,33)/t25-/m0/s1. The Kier molecular flexibility index (Phi) is 8.40. The molecule has 188 valence electrons. The minimum atomic E-state index is -3.62. The lowest BCUT2D eigenvalue weighted by Gasteiger charge is -2.26. The lowest BCUT2D eigenvalue weighted by Crippen LogP contribution is -2.35. The maximum absolute atomic E-state index is 13.0. The molecule has 0 aliphatic carbocycles. The molecule has 0 radical (unpaired) electrons. The van der Waals surface area contributed by atoms with E-state index in [0.717, 1.165) is 24.8 Å². The Bertz CT molecular complexity index is 1330. The Morgan fingerprint density at radius 2 is 1.58 bits per heavy atom. The first-order valence-corrected chi connectivity index (χ1v) is 13.7. The van der Waals surface area contributed by atoms with Crippen LogP contribution in [-0.2, 0) is 14.8 Å². The van der Waals surface area contributed by atoms with E-state index in [9.17, 15) is 18.0 Å². The molecule has 2 amide bonds. The largest absolute Gasteiger partial charge is 0.345 e. The van der Waals surface area contributed by atoms with Crippen molar-refractivity contribution in [1.82, 2.24) is 9.62 Å². The molecule has 4 rings (SSSR count). The molecule has 9 heteroatoms. The Balaban J connectivity index is 1.49. The zero-order chi connectivity index (χ0) is 25.5. The second-order valence-corrected chi connectivity index (χ2v) is 11.0. The molecule has 1 aliphatic rings. The van der Waals surface area contributed by atoms with E-state index in [1.165, 1.54) is 16.4 Å². The SMILES string of the molecule is O=C(C[C@H](NC(=O)c1ccccc1Cl)c1ccccc1)Nc1cccc(S(=O)(=O)N2CCCCC2)c1. The van der Waals surface area contributed by atoms with E-state index in [1.807, 2.05) is 30.3 Å². The lowest BCUT2D eigenvalue weighted by atomic mass is 10.0. The first-order chi connectivity index (χ1) is 17.3. The van der Waals surface area contributed by atoms with Crippen molar-refractivity contribution >= 4 is 39.1 Å². The summed E-state index contributed by atoms with van der Waals surface area (Å²) in [6.45, 7) is 1.01. The van der Waals surface area contributed by atoms with Crippen molar-refractivity contribution in [1.29, 1.82) is 0 Å². The van der Waals surface area contributed by atoms with Gasteiger partial charge in [-0.05, 0) is 48.7 Å². The molecule has 1 atom stereocenters. The van der Waals surface area contributed by atoms with E-state index in [0.29, 0.717) is 29.4 Å². The Hall–Kier alpha value is -3.20. The molecule has 0 bridgehead atoms. The normalized spacial score (nSPS) is 15.1. The maximum atomic E-state index is 13.0. The van der Waals surface area contributed by atoms with E-state index in [1.54, 1.807) is 36.4 Å². The van der Waals surface area contributed by atoms with Crippen molar-refractivity contribution in [3.8, 4) is 0 Å². The predicted molar refractivity (Wildman–Crippen MR) is 140 cm³/mol. The number of anilines is 1. The van der Waals surface area contributed by atoms with Crippen molar-refractivity contribution in [2.45, 2.75) is 36.6 Å². The van der Waals surface area contributed by atoms with Gasteiger partial charge in [-0.3, -0.25) is 9.59 Å². The highest BCUT2D eigenvalue weighted by Crippen LogP contribution is 2.24. The number of halogens is 1. The van der Waals surface area contributed by atoms with Crippen molar-refractivity contribution < 1.29 is 18.0 Å². The van der Waals surface area contributed by atoms with Gasteiger partial charge in [0.1, 0.15) is 0 Å². The quantitative estimate of drug-likeness (QED) is 0.432. The van der Waals surface area contributed by atoms with E-state index >= 15 is 0 Å². The molecule has 1 aliphatic heterocycles. The van der Waals surface area contributed by atoms with Crippen molar-refractivity contribution in [3.63, 3.8) is 0 Å². The van der Waals surface area contributed by atoms with Crippen LogP contribution in [0.1, 0.15) is 47.6 Å². The zero-order valence-electron chi connectivity index (χ0n) is 19.7. The molecule has 0 unspecified atom stereocenters. The highest BCUT2D eigenvalue weighted by molar-refractivity contribution is 7.89. The van der Waals surface area contributed by atoms with Gasteiger partial charge in [0, 0.05) is 18.8 Å². The molecule has 3 aromatic carbocycles. The van der Waals surface area contributed by atoms with Gasteiger partial charge < -0.3 is 10.6 Å². The van der Waals surface area contributed by atoms with Crippen molar-refractivity contribution in [2.75, 3.05) is 18.4 Å². The summed E-state index contributed by atoms with van der Waals surface area (Å²) < 4.78 is 27.5. The van der Waals surface area contributed by atoms with Crippen LogP contribution in [0, 0.1) is 0 Å². The van der Waals surface area contributed by atoms with Gasteiger partial charge >= 0.3 is 0 Å². The Morgan fingerprint density at radius 1 is 0.889 bits per heavy atom. The summed E-state index contributed by atoms with van der Waals surface area (Å²) >= 11 is 6.18. The number of carbonyl (C=O) groups is 2. The molecule has 1 saturated heterocycles. The van der Waals surface area contributed by atoms with Gasteiger partial charge in [-0.2, -0.15) is 4.31 Å². The number of benzene rings is 3. The van der Waals surface area contributed by atoms with Crippen LogP contribution >= 0.6 is 11.6 Å². The molecule has 7 nitrogen and oxygen atoms in total. The van der Waals surface area contributed by atoms with E-state index in [4.69, 9.17) is 11.6 Å². The van der Waals surface area contributed by atoms with Crippen LogP contribution in [0.5, 0.6) is 0 Å². The van der Waals surface area contributed by atoms with Gasteiger partial charge in [0.25, 0.3) is 5.91 Å². The monoisotopic (exact) mass is 525 g/mol. The number of piperidine rings is 1. The third kappa shape index (κ3) is 6.32. The van der Waals surface area contributed by atoms with Gasteiger partial charge in [-0.25, -0.2) is 8.42 Å². The average molecular weight is 526 g/mol. The highest BCUT2D eigenvalue weighted by atomic mass is 35.5. The second-order valence-electron chi connectivity index (χ2n) is 8.66. The van der Waals surface area contributed by atoms with Crippen LogP contribution in [0.2, 0.25) is 5.02 Å². The zero-order valence-corrected chi connectivity index (χ0v) is 21.3. The number of nitrogens with one attached hydrogen (secondary N) is 2. The molecule has 36 heavy (non-hydrogen) atoms. The Morgan fingerprint density at radius 3 is 2.31 bits per heavy atom. The van der Waals surface area contributed by atoms with Gasteiger partial charge in [0.05, 0.1) is 27.9 Å². The molecule has 0 spiro atoms. The number of amides is 2. The van der Waals surface area contributed by atoms with Crippen LogP contribution in [0.25, 0.3) is 0 Å². The number of hydrogen-bond donors (Lipinski definition) is 2. The highest BCUT2D eigenvalue weighted by Gasteiger charge is 2.26. The third-order valence-electron chi connectivity index (χ3n) is 6.09. The average Bonchev–Trinajstić information content (AvgIpc) is 2.89. The molecular weight excluding hydrogens is 498 g/mol. The van der Waals surface area contributed by atoms with Crippen LogP contribution in [0.3, 0.4) is 0 Å². The van der Waals surface area contributed by atoms with E-state index in [2.05, 4.69) is 10.6 Å². The van der Waals surface area contributed by atoms with Gasteiger partial charge in [0.2, 0.25) is 15.9 Å². The van der Waals surface area contributed by atoms with Crippen LogP contribution in [-0.4, -0.2) is 37.6 Å². The maximum Gasteiger partial charge on any atom is 0.253 e. The van der Waals surface area contributed by atoms with Crippen LogP contribution < -0.4 is 10.6 Å². The molecule has 0 saturated carbocycles. The Labute approximate surface area is 216 Å². The number of nitrogens with zero attached hydrogens (tertiary/aromatic N) is 1. The van der Waals surface area contributed by atoms with Crippen molar-refractivity contribution in [2.24, 2.45) is 0 Å². The minimum absolute atomic E-state index is 0.0523. The number of carbonyl (C=O) groups excluding carboxylic acids is 2. The predicted octanol–water partition coefficient (Wildman–Crippen LogP) is 5.01. The van der Waals surface area contributed by atoms with Crippen LogP contribution in [0.4, 0.5) is 5.69 Å². The molecular formula is C27H28ClN3O4S. The molecule has 3 aromatic rings. The number of rotatable bonds is 8.